The van der Waals surface area contributed by atoms with E-state index in [-0.39, 0.29) is 5.41 Å². The van der Waals surface area contributed by atoms with E-state index in [0.29, 0.717) is 0 Å². The monoisotopic (exact) mass is 196 g/mol. The molecular formula is C15H16. The molecule has 0 amide bonds. The third-order valence-electron chi connectivity index (χ3n) is 3.33. The molecule has 0 N–H and O–H groups in total. The minimum absolute atomic E-state index is 0.0774. The highest BCUT2D eigenvalue weighted by molar-refractivity contribution is 5.65. The van der Waals surface area contributed by atoms with E-state index in [1.165, 1.54) is 22.3 Å². The van der Waals surface area contributed by atoms with E-state index in [9.17, 15) is 0 Å². The summed E-state index contributed by atoms with van der Waals surface area (Å²) in [6.07, 6.45) is 7.12. The first-order valence-electron chi connectivity index (χ1n) is 5.42. The molecule has 2 aliphatic carbocycles. The van der Waals surface area contributed by atoms with Crippen LogP contribution in [0.25, 0.3) is 0 Å². The minimum Gasteiger partial charge on any atom is -0.0987 e. The van der Waals surface area contributed by atoms with Gasteiger partial charge < -0.3 is 0 Å². The van der Waals surface area contributed by atoms with E-state index < -0.39 is 0 Å². The Hall–Kier alpha value is -1.48. The molecular weight excluding hydrogens is 180 g/mol. The topological polar surface area (TPSA) is 0 Å². The third-order valence-corrected chi connectivity index (χ3v) is 3.33. The molecule has 0 fully saturated rings. The Morgan fingerprint density at radius 3 is 2.80 bits per heavy atom. The van der Waals surface area contributed by atoms with E-state index in [1.54, 1.807) is 0 Å². The van der Waals surface area contributed by atoms with Crippen molar-refractivity contribution in [1.29, 1.82) is 0 Å². The average molecular weight is 196 g/mol. The first-order valence-corrected chi connectivity index (χ1v) is 5.42. The maximum Gasteiger partial charge on any atom is 0.0324 e. The van der Waals surface area contributed by atoms with Gasteiger partial charge in [-0.05, 0) is 35.3 Å². The molecule has 76 valence electrons. The molecule has 0 heterocycles. The second-order valence-corrected chi connectivity index (χ2v) is 4.47. The summed E-state index contributed by atoms with van der Waals surface area (Å²) in [7, 11) is 0. The Morgan fingerprint density at radius 2 is 2.20 bits per heavy atom. The maximum atomic E-state index is 3.94. The molecule has 0 aromatic heterocycles. The summed E-state index contributed by atoms with van der Waals surface area (Å²) in [5.74, 6) is 0. The van der Waals surface area contributed by atoms with Gasteiger partial charge in [-0.25, -0.2) is 0 Å². The van der Waals surface area contributed by atoms with Crippen LogP contribution in [0.5, 0.6) is 0 Å². The van der Waals surface area contributed by atoms with Gasteiger partial charge >= 0.3 is 0 Å². The molecule has 0 nitrogen and oxygen atoms in total. The molecule has 0 heteroatoms. The van der Waals surface area contributed by atoms with Gasteiger partial charge in [0.1, 0.15) is 0 Å². The van der Waals surface area contributed by atoms with E-state index in [0.717, 1.165) is 6.42 Å². The first kappa shape index (κ1) is 10.1. The van der Waals surface area contributed by atoms with Gasteiger partial charge in [-0.3, -0.25) is 0 Å². The van der Waals surface area contributed by atoms with Crippen LogP contribution in [-0.2, 0) is 0 Å². The zero-order valence-electron chi connectivity index (χ0n) is 9.65. The zero-order chi connectivity index (χ0) is 11.1. The van der Waals surface area contributed by atoms with E-state index in [1.807, 2.05) is 12.2 Å². The van der Waals surface area contributed by atoms with Gasteiger partial charge in [0.15, 0.2) is 0 Å². The van der Waals surface area contributed by atoms with Crippen molar-refractivity contribution in [2.75, 3.05) is 0 Å². The summed E-state index contributed by atoms with van der Waals surface area (Å²) in [5.41, 5.74) is 11.7. The molecule has 0 radical (unpaired) electrons. The second kappa shape index (κ2) is 3.28. The standard InChI is InChI=1S/C15H16/c1-5-11-12-9-7-8-10-14(12)15(3,4)13(11)6-2/h6,8,10H,2,5H2,1,3-4H3. The summed E-state index contributed by atoms with van der Waals surface area (Å²) >= 11 is 0. The maximum absolute atomic E-state index is 3.94. The summed E-state index contributed by atoms with van der Waals surface area (Å²) in [5, 5.41) is 0. The SMILES string of the molecule is C=CC1=C(CC)C2=C=C=CC=C2C1(C)C. The molecule has 0 unspecified atom stereocenters. The molecule has 0 aliphatic heterocycles. The fourth-order valence-electron chi connectivity index (χ4n) is 2.55. The molecule has 15 heavy (non-hydrogen) atoms. The minimum atomic E-state index is 0.0774. The summed E-state index contributed by atoms with van der Waals surface area (Å²) in [6.45, 7) is 10.6. The lowest BCUT2D eigenvalue weighted by molar-refractivity contribution is 0.578. The van der Waals surface area contributed by atoms with Crippen molar-refractivity contribution < 1.29 is 0 Å². The van der Waals surface area contributed by atoms with Crippen molar-refractivity contribution in [3.63, 3.8) is 0 Å². The Kier molecular flexibility index (Phi) is 2.20. The molecule has 0 aromatic carbocycles. The number of fused-ring (bicyclic) bond motifs is 1. The van der Waals surface area contributed by atoms with Gasteiger partial charge in [0.2, 0.25) is 0 Å². The predicted octanol–water partition coefficient (Wildman–Crippen LogP) is 4.10. The first-order chi connectivity index (χ1) is 7.12. The number of hydrogen-bond donors (Lipinski definition) is 0. The van der Waals surface area contributed by atoms with Crippen molar-refractivity contribution in [3.8, 4) is 0 Å². The molecule has 0 saturated carbocycles. The van der Waals surface area contributed by atoms with Crippen LogP contribution in [0.2, 0.25) is 0 Å². The molecule has 0 atom stereocenters. The van der Waals surface area contributed by atoms with Crippen molar-refractivity contribution >= 4 is 0 Å². The van der Waals surface area contributed by atoms with Crippen LogP contribution in [0.1, 0.15) is 27.2 Å². The van der Waals surface area contributed by atoms with Gasteiger partial charge in [0, 0.05) is 11.0 Å². The number of hydrogen-bond acceptors (Lipinski definition) is 0. The van der Waals surface area contributed by atoms with Crippen molar-refractivity contribution in [2.24, 2.45) is 5.41 Å². The van der Waals surface area contributed by atoms with E-state index >= 15 is 0 Å². The fourth-order valence-corrected chi connectivity index (χ4v) is 2.55. The number of rotatable bonds is 2. The highest BCUT2D eigenvalue weighted by Crippen LogP contribution is 2.51. The third kappa shape index (κ3) is 1.23. The summed E-state index contributed by atoms with van der Waals surface area (Å²) < 4.78 is 0. The molecule has 0 bridgehead atoms. The smallest absolute Gasteiger partial charge is 0.0324 e. The van der Waals surface area contributed by atoms with Crippen LogP contribution in [-0.4, -0.2) is 0 Å². The van der Waals surface area contributed by atoms with Gasteiger partial charge in [-0.1, -0.05) is 44.9 Å². The van der Waals surface area contributed by atoms with E-state index in [4.69, 9.17) is 0 Å². The fraction of sp³-hybridized carbons (Fsp3) is 0.333. The molecule has 2 rings (SSSR count). The van der Waals surface area contributed by atoms with Crippen LogP contribution >= 0.6 is 0 Å². The Labute approximate surface area is 91.7 Å². The molecule has 0 saturated heterocycles. The Morgan fingerprint density at radius 1 is 1.47 bits per heavy atom. The van der Waals surface area contributed by atoms with Crippen LogP contribution in [0.4, 0.5) is 0 Å². The summed E-state index contributed by atoms with van der Waals surface area (Å²) in [4.78, 5) is 0. The van der Waals surface area contributed by atoms with Crippen molar-refractivity contribution in [3.05, 3.63) is 58.6 Å². The quantitative estimate of drug-likeness (QED) is 0.583. The second-order valence-electron chi connectivity index (χ2n) is 4.47. The number of allylic oxidation sites excluding steroid dienone is 7. The van der Waals surface area contributed by atoms with Crippen LogP contribution in [0, 0.1) is 5.41 Å². The zero-order valence-corrected chi connectivity index (χ0v) is 9.65. The highest BCUT2D eigenvalue weighted by Gasteiger charge is 2.38. The normalized spacial score (nSPS) is 21.3. The largest absolute Gasteiger partial charge is 0.0987 e. The molecule has 0 aromatic rings. The van der Waals surface area contributed by atoms with Gasteiger partial charge in [0.25, 0.3) is 0 Å². The Balaban J connectivity index is 2.75. The Bertz CT molecular complexity index is 480. The molecule has 0 spiro atoms. The van der Waals surface area contributed by atoms with Gasteiger partial charge in [-0.15, -0.1) is 0 Å². The van der Waals surface area contributed by atoms with Gasteiger partial charge in [-0.2, -0.15) is 0 Å². The average Bonchev–Trinajstić information content (AvgIpc) is 2.46. The lowest BCUT2D eigenvalue weighted by Gasteiger charge is -2.23. The summed E-state index contributed by atoms with van der Waals surface area (Å²) in [6, 6.07) is 0. The van der Waals surface area contributed by atoms with Gasteiger partial charge in [0.05, 0.1) is 0 Å². The lowest BCUT2D eigenvalue weighted by Crippen LogP contribution is -2.12. The van der Waals surface area contributed by atoms with Crippen molar-refractivity contribution in [1.82, 2.24) is 0 Å². The van der Waals surface area contributed by atoms with Crippen LogP contribution < -0.4 is 0 Å². The highest BCUT2D eigenvalue weighted by atomic mass is 14.4. The molecule has 2 aliphatic rings. The van der Waals surface area contributed by atoms with Crippen molar-refractivity contribution in [2.45, 2.75) is 27.2 Å². The predicted molar refractivity (Wildman–Crippen MR) is 64.5 cm³/mol. The van der Waals surface area contributed by atoms with Crippen LogP contribution in [0.3, 0.4) is 0 Å². The van der Waals surface area contributed by atoms with Crippen LogP contribution in [0.15, 0.2) is 58.6 Å². The lowest BCUT2D eigenvalue weighted by atomic mass is 9.80. The van der Waals surface area contributed by atoms with E-state index in [2.05, 4.69) is 44.9 Å².